The predicted molar refractivity (Wildman–Crippen MR) is 36.4 cm³/mol. The van der Waals surface area contributed by atoms with Crippen molar-refractivity contribution in [3.05, 3.63) is 35.9 Å². The number of rotatable bonds is 1. The third kappa shape index (κ3) is 2.43. The fourth-order valence-corrected chi connectivity index (χ4v) is 0.673. The molecule has 0 atom stereocenters. The monoisotopic (exact) mass is 226 g/mol. The van der Waals surface area contributed by atoms with Crippen molar-refractivity contribution in [3.8, 4) is 0 Å². The molecular weight excluding hydrogens is 219 g/mol. The van der Waals surface area contributed by atoms with Gasteiger partial charge in [-0.1, -0.05) is 30.3 Å². The molecule has 0 N–H and O–H groups in total. The second-order valence-electron chi connectivity index (χ2n) is 1.92. The Hall–Kier alpha value is -0.448. The molecule has 0 spiro atoms. The van der Waals surface area contributed by atoms with Gasteiger partial charge >= 0.3 is 0 Å². The summed E-state index contributed by atoms with van der Waals surface area (Å²) in [6.45, 7) is 1.56. The summed E-state index contributed by atoms with van der Waals surface area (Å²) in [6, 6.07) is 9.23. The third-order valence-corrected chi connectivity index (χ3v) is 1.18. The standard InChI is InChI=1S/C8H8O.Pd/c1-7(9)8-5-3-2-4-6-8;/h2-6H,1H3;. The molecule has 1 nitrogen and oxygen atoms in total. The molecule has 0 saturated heterocycles. The fraction of sp³-hybridized carbons (Fsp3) is 0.125. The van der Waals surface area contributed by atoms with Crippen LogP contribution in [0.25, 0.3) is 0 Å². The van der Waals surface area contributed by atoms with Crippen LogP contribution < -0.4 is 0 Å². The van der Waals surface area contributed by atoms with Crippen molar-refractivity contribution in [1.82, 2.24) is 0 Å². The largest absolute Gasteiger partial charge is 0.295 e. The molecule has 0 bridgehead atoms. The molecular formula is C8H8OPd. The smallest absolute Gasteiger partial charge is 0.159 e. The molecule has 0 amide bonds. The van der Waals surface area contributed by atoms with Crippen molar-refractivity contribution in [3.63, 3.8) is 0 Å². The van der Waals surface area contributed by atoms with Crippen molar-refractivity contribution in [2.24, 2.45) is 0 Å². The minimum Gasteiger partial charge on any atom is -0.295 e. The number of benzene rings is 1. The number of hydrogen-bond acceptors (Lipinski definition) is 1. The van der Waals surface area contributed by atoms with Gasteiger partial charge in [-0.25, -0.2) is 0 Å². The van der Waals surface area contributed by atoms with Gasteiger partial charge in [-0.15, -0.1) is 0 Å². The molecule has 0 aliphatic heterocycles. The Morgan fingerprint density at radius 2 is 1.70 bits per heavy atom. The van der Waals surface area contributed by atoms with E-state index in [-0.39, 0.29) is 26.2 Å². The van der Waals surface area contributed by atoms with Gasteiger partial charge in [0.25, 0.3) is 0 Å². The van der Waals surface area contributed by atoms with Crippen LogP contribution >= 0.6 is 0 Å². The summed E-state index contributed by atoms with van der Waals surface area (Å²) < 4.78 is 0. The number of ketones is 1. The summed E-state index contributed by atoms with van der Waals surface area (Å²) in [6.07, 6.45) is 0. The number of carbonyl (C=O) groups is 1. The molecule has 2 heteroatoms. The molecule has 0 radical (unpaired) electrons. The minimum atomic E-state index is 0. The van der Waals surface area contributed by atoms with Crippen LogP contribution in [-0.2, 0) is 20.4 Å². The van der Waals surface area contributed by atoms with E-state index in [1.165, 1.54) is 0 Å². The molecule has 0 heterocycles. The average Bonchev–Trinajstić information content (AvgIpc) is 1.90. The molecule has 0 aromatic heterocycles. The van der Waals surface area contributed by atoms with Crippen LogP contribution in [0.1, 0.15) is 17.3 Å². The van der Waals surface area contributed by atoms with Gasteiger partial charge in [-0.3, -0.25) is 4.79 Å². The number of hydrogen-bond donors (Lipinski definition) is 0. The van der Waals surface area contributed by atoms with Crippen LogP contribution in [0.4, 0.5) is 0 Å². The van der Waals surface area contributed by atoms with Gasteiger partial charge < -0.3 is 0 Å². The first-order valence-electron chi connectivity index (χ1n) is 2.86. The van der Waals surface area contributed by atoms with E-state index in [9.17, 15) is 4.79 Å². The fourth-order valence-electron chi connectivity index (χ4n) is 0.673. The van der Waals surface area contributed by atoms with E-state index in [2.05, 4.69) is 0 Å². The van der Waals surface area contributed by atoms with Crippen LogP contribution in [0.3, 0.4) is 0 Å². The first-order valence-corrected chi connectivity index (χ1v) is 2.86. The third-order valence-electron chi connectivity index (χ3n) is 1.18. The van der Waals surface area contributed by atoms with E-state index in [4.69, 9.17) is 0 Å². The summed E-state index contributed by atoms with van der Waals surface area (Å²) in [4.78, 5) is 10.6. The van der Waals surface area contributed by atoms with E-state index in [0.717, 1.165) is 5.56 Å². The van der Waals surface area contributed by atoms with Crippen molar-refractivity contribution in [2.45, 2.75) is 6.92 Å². The maximum absolute atomic E-state index is 10.6. The van der Waals surface area contributed by atoms with Crippen LogP contribution in [0, 0.1) is 0 Å². The summed E-state index contributed by atoms with van der Waals surface area (Å²) in [5.41, 5.74) is 0.775. The average molecular weight is 227 g/mol. The summed E-state index contributed by atoms with van der Waals surface area (Å²) >= 11 is 0. The molecule has 56 valence electrons. The molecule has 0 fully saturated rings. The van der Waals surface area contributed by atoms with Crippen LogP contribution in [-0.4, -0.2) is 5.78 Å². The van der Waals surface area contributed by atoms with Gasteiger partial charge in [-0.2, -0.15) is 0 Å². The topological polar surface area (TPSA) is 17.1 Å². The maximum atomic E-state index is 10.6. The molecule has 0 unspecified atom stereocenters. The van der Waals surface area contributed by atoms with E-state index in [1.54, 1.807) is 6.92 Å². The van der Waals surface area contributed by atoms with Gasteiger partial charge in [0.1, 0.15) is 0 Å². The quantitative estimate of drug-likeness (QED) is 0.528. The molecule has 1 aromatic carbocycles. The Morgan fingerprint density at radius 1 is 1.20 bits per heavy atom. The normalized spacial score (nSPS) is 8.10. The minimum absolute atomic E-state index is 0. The molecule has 1 aromatic rings. The SMILES string of the molecule is CC(=O)c1ccccc1.[Pd]. The molecule has 10 heavy (non-hydrogen) atoms. The van der Waals surface area contributed by atoms with Gasteiger partial charge in [0.15, 0.2) is 5.78 Å². The van der Waals surface area contributed by atoms with Gasteiger partial charge in [-0.05, 0) is 6.92 Å². The van der Waals surface area contributed by atoms with Gasteiger partial charge in [0.05, 0.1) is 0 Å². The Morgan fingerprint density at radius 3 is 2.00 bits per heavy atom. The van der Waals surface area contributed by atoms with Crippen molar-refractivity contribution < 1.29 is 25.2 Å². The number of Topliss-reactive ketones (excluding diaryl/α,β-unsaturated/α-hetero) is 1. The van der Waals surface area contributed by atoms with E-state index < -0.39 is 0 Å². The van der Waals surface area contributed by atoms with Crippen molar-refractivity contribution >= 4 is 5.78 Å². The van der Waals surface area contributed by atoms with E-state index in [0.29, 0.717) is 0 Å². The molecule has 0 aliphatic rings. The zero-order valence-corrected chi connectivity index (χ0v) is 7.17. The van der Waals surface area contributed by atoms with Gasteiger partial charge in [0.2, 0.25) is 0 Å². The Kier molecular flexibility index (Phi) is 4.18. The van der Waals surface area contributed by atoms with Crippen LogP contribution in [0.5, 0.6) is 0 Å². The maximum Gasteiger partial charge on any atom is 0.159 e. The first kappa shape index (κ1) is 9.55. The second-order valence-corrected chi connectivity index (χ2v) is 1.92. The van der Waals surface area contributed by atoms with E-state index in [1.807, 2.05) is 30.3 Å². The number of carbonyl (C=O) groups excluding carboxylic acids is 1. The summed E-state index contributed by atoms with van der Waals surface area (Å²) in [5.74, 6) is 0.121. The predicted octanol–water partition coefficient (Wildman–Crippen LogP) is 1.89. The Balaban J connectivity index is 0.000000810. The zero-order valence-electron chi connectivity index (χ0n) is 5.61. The summed E-state index contributed by atoms with van der Waals surface area (Å²) in [7, 11) is 0. The van der Waals surface area contributed by atoms with Gasteiger partial charge in [0, 0.05) is 26.0 Å². The molecule has 0 aliphatic carbocycles. The summed E-state index contributed by atoms with van der Waals surface area (Å²) in [5, 5.41) is 0. The second kappa shape index (κ2) is 4.38. The first-order chi connectivity index (χ1) is 4.30. The van der Waals surface area contributed by atoms with E-state index >= 15 is 0 Å². The Labute approximate surface area is 74.1 Å². The Bertz CT molecular complexity index is 206. The van der Waals surface area contributed by atoms with Crippen LogP contribution in [0.15, 0.2) is 30.3 Å². The van der Waals surface area contributed by atoms with Crippen molar-refractivity contribution in [2.75, 3.05) is 0 Å². The zero-order chi connectivity index (χ0) is 6.69. The molecule has 1 rings (SSSR count). The van der Waals surface area contributed by atoms with Crippen LogP contribution in [0.2, 0.25) is 0 Å². The van der Waals surface area contributed by atoms with Crippen molar-refractivity contribution in [1.29, 1.82) is 0 Å². The molecule has 0 saturated carbocycles.